The second kappa shape index (κ2) is 8.01. The molecule has 0 bridgehead atoms. The Morgan fingerprint density at radius 3 is 2.64 bits per heavy atom. The Morgan fingerprint density at radius 2 is 2.05 bits per heavy atom. The van der Waals surface area contributed by atoms with Crippen LogP contribution in [0.15, 0.2) is 23.1 Å². The number of halogens is 1. The molecular formula is C14H23ClN2O4S. The summed E-state index contributed by atoms with van der Waals surface area (Å²) in [6, 6.07) is 4.81. The Balaban J connectivity index is 0.00000242. The number of hydrogen-bond acceptors (Lipinski definition) is 5. The van der Waals surface area contributed by atoms with Crippen molar-refractivity contribution >= 4 is 22.4 Å². The van der Waals surface area contributed by atoms with Gasteiger partial charge in [-0.05, 0) is 32.0 Å². The highest BCUT2D eigenvalue weighted by molar-refractivity contribution is 7.89. The van der Waals surface area contributed by atoms with Crippen LogP contribution in [0.5, 0.6) is 11.5 Å². The number of benzene rings is 1. The Morgan fingerprint density at radius 1 is 1.32 bits per heavy atom. The van der Waals surface area contributed by atoms with Gasteiger partial charge in [-0.15, -0.1) is 12.4 Å². The lowest BCUT2D eigenvalue weighted by molar-refractivity contribution is 0.367. The summed E-state index contributed by atoms with van der Waals surface area (Å²) in [6.45, 7) is 1.18. The van der Waals surface area contributed by atoms with Crippen molar-refractivity contribution in [2.75, 3.05) is 34.4 Å². The zero-order valence-corrected chi connectivity index (χ0v) is 14.7. The van der Waals surface area contributed by atoms with E-state index in [4.69, 9.17) is 9.47 Å². The first-order valence-corrected chi connectivity index (χ1v) is 8.37. The first-order valence-electron chi connectivity index (χ1n) is 6.93. The summed E-state index contributed by atoms with van der Waals surface area (Å²) >= 11 is 0. The Hall–Kier alpha value is -1.02. The highest BCUT2D eigenvalue weighted by atomic mass is 35.5. The van der Waals surface area contributed by atoms with Crippen molar-refractivity contribution in [3.63, 3.8) is 0 Å². The van der Waals surface area contributed by atoms with E-state index in [9.17, 15) is 8.42 Å². The van der Waals surface area contributed by atoms with Crippen LogP contribution >= 0.6 is 12.4 Å². The minimum atomic E-state index is -3.60. The molecule has 2 rings (SSSR count). The van der Waals surface area contributed by atoms with Gasteiger partial charge in [-0.1, -0.05) is 0 Å². The fourth-order valence-corrected chi connectivity index (χ4v) is 4.54. The van der Waals surface area contributed by atoms with Gasteiger partial charge in [0.15, 0.2) is 0 Å². The summed E-state index contributed by atoms with van der Waals surface area (Å²) in [5, 5.41) is 3.05. The zero-order chi connectivity index (χ0) is 15.5. The maximum atomic E-state index is 12.9. The molecule has 1 N–H and O–H groups in total. The third kappa shape index (κ3) is 3.65. The molecule has 126 valence electrons. The standard InChI is InChI=1S/C14H22N2O4S.ClH/c1-15-10-11-5-4-8-16(11)21(17,18)14-9-12(19-2)6-7-13(14)20-3;/h6-7,9,11,15H,4-5,8,10H2,1-3H3;1H. The van der Waals surface area contributed by atoms with Gasteiger partial charge in [0.1, 0.15) is 16.4 Å². The number of nitrogens with zero attached hydrogens (tertiary/aromatic N) is 1. The van der Waals surface area contributed by atoms with Crippen LogP contribution in [0.4, 0.5) is 0 Å². The van der Waals surface area contributed by atoms with Crippen molar-refractivity contribution in [1.82, 2.24) is 9.62 Å². The van der Waals surface area contributed by atoms with Gasteiger partial charge in [0.25, 0.3) is 0 Å². The monoisotopic (exact) mass is 350 g/mol. The molecule has 0 spiro atoms. The summed E-state index contributed by atoms with van der Waals surface area (Å²) in [7, 11) is 1.21. The highest BCUT2D eigenvalue weighted by Gasteiger charge is 2.36. The molecule has 1 heterocycles. The van der Waals surface area contributed by atoms with Gasteiger partial charge in [-0.2, -0.15) is 4.31 Å². The lowest BCUT2D eigenvalue weighted by Gasteiger charge is -2.24. The van der Waals surface area contributed by atoms with E-state index in [-0.39, 0.29) is 23.3 Å². The molecule has 1 aromatic rings. The molecule has 0 aromatic heterocycles. The quantitative estimate of drug-likeness (QED) is 0.842. The highest BCUT2D eigenvalue weighted by Crippen LogP contribution is 2.33. The summed E-state index contributed by atoms with van der Waals surface area (Å²) in [4.78, 5) is 0.160. The minimum absolute atomic E-state index is 0. The summed E-state index contributed by atoms with van der Waals surface area (Å²) in [5.74, 6) is 0.838. The number of methoxy groups -OCH3 is 2. The normalized spacial score (nSPS) is 18.8. The van der Waals surface area contributed by atoms with Gasteiger partial charge in [0, 0.05) is 25.2 Å². The van der Waals surface area contributed by atoms with Crippen LogP contribution in [-0.2, 0) is 10.0 Å². The molecule has 1 fully saturated rings. The Kier molecular flexibility index (Phi) is 6.93. The molecule has 1 aromatic carbocycles. The third-order valence-electron chi connectivity index (χ3n) is 3.72. The van der Waals surface area contributed by atoms with Gasteiger partial charge in [-0.3, -0.25) is 0 Å². The van der Waals surface area contributed by atoms with Crippen LogP contribution in [0.3, 0.4) is 0 Å². The predicted octanol–water partition coefficient (Wildman–Crippen LogP) is 1.50. The van der Waals surface area contributed by atoms with Crippen LogP contribution in [-0.4, -0.2) is 53.1 Å². The van der Waals surface area contributed by atoms with E-state index in [1.165, 1.54) is 20.3 Å². The molecule has 22 heavy (non-hydrogen) atoms. The van der Waals surface area contributed by atoms with Gasteiger partial charge in [-0.25, -0.2) is 8.42 Å². The fraction of sp³-hybridized carbons (Fsp3) is 0.571. The second-order valence-electron chi connectivity index (χ2n) is 4.99. The molecule has 1 atom stereocenters. The van der Waals surface area contributed by atoms with E-state index in [2.05, 4.69) is 5.32 Å². The van der Waals surface area contributed by atoms with Crippen LogP contribution in [0, 0.1) is 0 Å². The van der Waals surface area contributed by atoms with Gasteiger partial charge in [0.05, 0.1) is 14.2 Å². The molecule has 8 heteroatoms. The van der Waals surface area contributed by atoms with Crippen molar-refractivity contribution < 1.29 is 17.9 Å². The Bertz CT molecular complexity index is 595. The summed E-state index contributed by atoms with van der Waals surface area (Å²) < 4.78 is 37.8. The maximum absolute atomic E-state index is 12.9. The maximum Gasteiger partial charge on any atom is 0.247 e. The molecule has 0 radical (unpaired) electrons. The topological polar surface area (TPSA) is 67.9 Å². The molecule has 1 aliphatic heterocycles. The van der Waals surface area contributed by atoms with Gasteiger partial charge in [0.2, 0.25) is 10.0 Å². The van der Waals surface area contributed by atoms with Crippen LogP contribution < -0.4 is 14.8 Å². The van der Waals surface area contributed by atoms with E-state index in [0.29, 0.717) is 24.6 Å². The van der Waals surface area contributed by atoms with Crippen molar-refractivity contribution in [2.24, 2.45) is 0 Å². The number of likely N-dealkylation sites (N-methyl/N-ethyl adjacent to an activating group) is 1. The Labute approximate surface area is 138 Å². The number of nitrogens with one attached hydrogen (secondary N) is 1. The molecular weight excluding hydrogens is 328 g/mol. The summed E-state index contributed by atoms with van der Waals surface area (Å²) in [6.07, 6.45) is 1.74. The first-order chi connectivity index (χ1) is 10.0. The molecule has 0 aliphatic carbocycles. The minimum Gasteiger partial charge on any atom is -0.497 e. The van der Waals surface area contributed by atoms with E-state index >= 15 is 0 Å². The average molecular weight is 351 g/mol. The van der Waals surface area contributed by atoms with Crippen LogP contribution in [0.1, 0.15) is 12.8 Å². The molecule has 1 aliphatic rings. The number of hydrogen-bond donors (Lipinski definition) is 1. The van der Waals surface area contributed by atoms with E-state index < -0.39 is 10.0 Å². The smallest absolute Gasteiger partial charge is 0.247 e. The fourth-order valence-electron chi connectivity index (χ4n) is 2.68. The second-order valence-corrected chi connectivity index (χ2v) is 6.85. The van der Waals surface area contributed by atoms with E-state index in [1.807, 2.05) is 7.05 Å². The molecule has 0 saturated carbocycles. The first kappa shape index (κ1) is 19.0. The van der Waals surface area contributed by atoms with Gasteiger partial charge < -0.3 is 14.8 Å². The molecule has 1 unspecified atom stereocenters. The molecule has 1 saturated heterocycles. The molecule has 0 amide bonds. The average Bonchev–Trinajstić information content (AvgIpc) is 2.96. The van der Waals surface area contributed by atoms with Gasteiger partial charge >= 0.3 is 0 Å². The van der Waals surface area contributed by atoms with E-state index in [1.54, 1.807) is 16.4 Å². The lowest BCUT2D eigenvalue weighted by Crippen LogP contribution is -2.40. The third-order valence-corrected chi connectivity index (χ3v) is 5.69. The van der Waals surface area contributed by atoms with Crippen LogP contribution in [0.25, 0.3) is 0 Å². The van der Waals surface area contributed by atoms with Crippen molar-refractivity contribution in [3.8, 4) is 11.5 Å². The zero-order valence-electron chi connectivity index (χ0n) is 13.0. The number of rotatable bonds is 6. The van der Waals surface area contributed by atoms with Crippen molar-refractivity contribution in [3.05, 3.63) is 18.2 Å². The van der Waals surface area contributed by atoms with E-state index in [0.717, 1.165) is 12.8 Å². The van der Waals surface area contributed by atoms with Crippen LogP contribution in [0.2, 0.25) is 0 Å². The number of ether oxygens (including phenoxy) is 2. The predicted molar refractivity (Wildman–Crippen MR) is 87.6 cm³/mol. The SMILES string of the molecule is CNCC1CCCN1S(=O)(=O)c1cc(OC)ccc1OC.Cl. The molecule has 6 nitrogen and oxygen atoms in total. The summed E-state index contributed by atoms with van der Waals surface area (Å²) in [5.41, 5.74) is 0. The number of sulfonamides is 1. The largest absolute Gasteiger partial charge is 0.497 e. The lowest BCUT2D eigenvalue weighted by atomic mass is 10.2. The van der Waals surface area contributed by atoms with Crippen molar-refractivity contribution in [1.29, 1.82) is 0 Å². The van der Waals surface area contributed by atoms with Crippen molar-refractivity contribution in [2.45, 2.75) is 23.8 Å².